The predicted molar refractivity (Wildman–Crippen MR) is 61.4 cm³/mol. The highest BCUT2D eigenvalue weighted by Crippen LogP contribution is 2.29. The second kappa shape index (κ2) is 5.45. The summed E-state index contributed by atoms with van der Waals surface area (Å²) in [4.78, 5) is 0. The number of nitriles is 2. The highest BCUT2D eigenvalue weighted by Gasteiger charge is 2.08. The van der Waals surface area contributed by atoms with Crippen molar-refractivity contribution in [2.24, 2.45) is 5.10 Å². The molecule has 1 aromatic carbocycles. The van der Waals surface area contributed by atoms with E-state index in [9.17, 15) is 4.39 Å². The molecule has 0 heterocycles. The van der Waals surface area contributed by atoms with E-state index in [-0.39, 0.29) is 10.7 Å². The van der Waals surface area contributed by atoms with Gasteiger partial charge in [0.1, 0.15) is 17.8 Å². The summed E-state index contributed by atoms with van der Waals surface area (Å²) in [6, 6.07) is 5.61. The van der Waals surface area contributed by atoms with Gasteiger partial charge in [0.05, 0.1) is 0 Å². The Hall–Kier alpha value is -1.63. The Kier molecular flexibility index (Phi) is 4.24. The number of nitrogens with one attached hydrogen (secondary N) is 1. The van der Waals surface area contributed by atoms with Crippen molar-refractivity contribution < 1.29 is 4.39 Å². The monoisotopic (exact) mass is 300 g/mol. The van der Waals surface area contributed by atoms with Crippen molar-refractivity contribution in [3.63, 3.8) is 0 Å². The van der Waals surface area contributed by atoms with Crippen molar-refractivity contribution in [1.29, 1.82) is 10.5 Å². The van der Waals surface area contributed by atoms with E-state index in [1.807, 2.05) is 0 Å². The molecule has 16 heavy (non-hydrogen) atoms. The van der Waals surface area contributed by atoms with Crippen LogP contribution in [0.2, 0.25) is 5.02 Å². The van der Waals surface area contributed by atoms with E-state index in [0.29, 0.717) is 4.47 Å². The molecule has 0 aliphatic heterocycles. The Bertz CT molecular complexity index is 490. The lowest BCUT2D eigenvalue weighted by Crippen LogP contribution is -1.99. The maximum absolute atomic E-state index is 13.4. The second-order valence-electron chi connectivity index (χ2n) is 2.54. The number of nitrogens with zero attached hydrogens (tertiary/aromatic N) is 3. The van der Waals surface area contributed by atoms with E-state index in [0.717, 1.165) is 6.07 Å². The van der Waals surface area contributed by atoms with E-state index in [1.54, 1.807) is 0 Å². The molecule has 0 spiro atoms. The molecule has 4 nitrogen and oxygen atoms in total. The maximum Gasteiger partial charge on any atom is 0.237 e. The molecular weight excluding hydrogens is 298 g/mol. The van der Waals surface area contributed by atoms with Gasteiger partial charge < -0.3 is 0 Å². The summed E-state index contributed by atoms with van der Waals surface area (Å²) in [5, 5.41) is 20.5. The van der Waals surface area contributed by atoms with Crippen molar-refractivity contribution in [2.45, 2.75) is 0 Å². The zero-order valence-electron chi connectivity index (χ0n) is 7.63. The fraction of sp³-hybridized carbons (Fsp3) is 0. The first-order chi connectivity index (χ1) is 7.58. The van der Waals surface area contributed by atoms with Gasteiger partial charge >= 0.3 is 0 Å². The Labute approximate surface area is 104 Å². The number of anilines is 1. The molecule has 0 bridgehead atoms. The largest absolute Gasteiger partial charge is 0.272 e. The third-order valence-electron chi connectivity index (χ3n) is 1.50. The molecule has 0 aromatic heterocycles. The number of hydrogen-bond acceptors (Lipinski definition) is 4. The molecule has 0 fully saturated rings. The van der Waals surface area contributed by atoms with E-state index in [1.165, 1.54) is 18.2 Å². The van der Waals surface area contributed by atoms with Gasteiger partial charge in [0.25, 0.3) is 0 Å². The van der Waals surface area contributed by atoms with Crippen molar-refractivity contribution in [1.82, 2.24) is 0 Å². The van der Waals surface area contributed by atoms with Crippen LogP contribution in [0.15, 0.2) is 21.7 Å². The minimum Gasteiger partial charge on any atom is -0.272 e. The summed E-state index contributed by atoms with van der Waals surface area (Å²) in [6.45, 7) is 0. The molecule has 0 aliphatic carbocycles. The smallest absolute Gasteiger partial charge is 0.237 e. The molecule has 0 saturated heterocycles. The summed E-state index contributed by atoms with van der Waals surface area (Å²) in [7, 11) is 0. The molecule has 7 heteroatoms. The molecule has 1 N–H and O–H groups in total. The molecule has 0 atom stereocenters. The molecule has 0 saturated carbocycles. The van der Waals surface area contributed by atoms with Crippen LogP contribution in [0.5, 0.6) is 0 Å². The molecule has 0 radical (unpaired) electrons. The van der Waals surface area contributed by atoms with Gasteiger partial charge in [0.2, 0.25) is 5.71 Å². The average molecular weight is 302 g/mol. The third-order valence-corrected chi connectivity index (χ3v) is 2.34. The number of hydrogen-bond donors (Lipinski definition) is 1. The zero-order chi connectivity index (χ0) is 12.1. The quantitative estimate of drug-likeness (QED) is 0.674. The molecular formula is C9H3BrClFN4. The van der Waals surface area contributed by atoms with Crippen LogP contribution in [0, 0.1) is 28.5 Å². The van der Waals surface area contributed by atoms with E-state index >= 15 is 0 Å². The Balaban J connectivity index is 3.05. The fourth-order valence-electron chi connectivity index (χ4n) is 0.836. The third kappa shape index (κ3) is 2.93. The minimum atomic E-state index is -0.640. The number of hydrazone groups is 1. The average Bonchev–Trinajstić information content (AvgIpc) is 2.22. The Morgan fingerprint density at radius 1 is 1.44 bits per heavy atom. The van der Waals surface area contributed by atoms with Gasteiger partial charge in [-0.2, -0.15) is 15.6 Å². The number of rotatable bonds is 2. The van der Waals surface area contributed by atoms with Gasteiger partial charge in [0.15, 0.2) is 5.82 Å². The maximum atomic E-state index is 13.4. The van der Waals surface area contributed by atoms with Crippen molar-refractivity contribution in [2.75, 3.05) is 5.43 Å². The zero-order valence-corrected chi connectivity index (χ0v) is 9.97. The lowest BCUT2D eigenvalue weighted by atomic mass is 10.3. The van der Waals surface area contributed by atoms with Gasteiger partial charge in [-0.15, -0.1) is 0 Å². The van der Waals surface area contributed by atoms with Gasteiger partial charge in [0, 0.05) is 9.50 Å². The van der Waals surface area contributed by atoms with Crippen LogP contribution in [0.4, 0.5) is 10.1 Å². The summed E-state index contributed by atoms with van der Waals surface area (Å²) < 4.78 is 13.7. The van der Waals surface area contributed by atoms with Gasteiger partial charge in [-0.05, 0) is 28.1 Å². The summed E-state index contributed by atoms with van der Waals surface area (Å²) in [5.41, 5.74) is 1.88. The Morgan fingerprint density at radius 3 is 2.56 bits per heavy atom. The van der Waals surface area contributed by atoms with Gasteiger partial charge in [-0.25, -0.2) is 4.39 Å². The minimum absolute atomic E-state index is 0.00685. The SMILES string of the molecule is N#CC(C#N)=NNc1c(F)cc(Cl)cc1Br. The second-order valence-corrected chi connectivity index (χ2v) is 3.83. The summed E-state index contributed by atoms with van der Waals surface area (Å²) >= 11 is 8.67. The topological polar surface area (TPSA) is 72.0 Å². The fourth-order valence-corrected chi connectivity index (χ4v) is 1.70. The summed E-state index contributed by atoms with van der Waals surface area (Å²) in [5.74, 6) is -0.640. The molecule has 80 valence electrons. The molecule has 0 aliphatic rings. The van der Waals surface area contributed by atoms with Crippen LogP contribution in [-0.2, 0) is 0 Å². The molecule has 1 aromatic rings. The van der Waals surface area contributed by atoms with Crippen molar-refractivity contribution >= 4 is 38.9 Å². The Morgan fingerprint density at radius 2 is 2.06 bits per heavy atom. The van der Waals surface area contributed by atoms with Crippen molar-refractivity contribution in [3.8, 4) is 12.1 Å². The van der Waals surface area contributed by atoms with Crippen LogP contribution < -0.4 is 5.43 Å². The highest BCUT2D eigenvalue weighted by molar-refractivity contribution is 9.10. The lowest BCUT2D eigenvalue weighted by molar-refractivity contribution is 0.630. The molecule has 0 unspecified atom stereocenters. The number of benzene rings is 1. The normalized spacial score (nSPS) is 8.81. The predicted octanol–water partition coefficient (Wildman–Crippen LogP) is 3.06. The van der Waals surface area contributed by atoms with E-state index in [2.05, 4.69) is 26.5 Å². The first-order valence-electron chi connectivity index (χ1n) is 3.87. The highest BCUT2D eigenvalue weighted by atomic mass is 79.9. The van der Waals surface area contributed by atoms with Crippen LogP contribution >= 0.6 is 27.5 Å². The lowest BCUT2D eigenvalue weighted by Gasteiger charge is -2.05. The summed E-state index contributed by atoms with van der Waals surface area (Å²) in [6.07, 6.45) is 0. The van der Waals surface area contributed by atoms with E-state index in [4.69, 9.17) is 22.1 Å². The van der Waals surface area contributed by atoms with E-state index < -0.39 is 11.5 Å². The first kappa shape index (κ1) is 12.4. The molecule has 1 rings (SSSR count). The van der Waals surface area contributed by atoms with Crippen LogP contribution in [0.25, 0.3) is 0 Å². The van der Waals surface area contributed by atoms with Crippen LogP contribution in [0.1, 0.15) is 0 Å². The van der Waals surface area contributed by atoms with Crippen LogP contribution in [0.3, 0.4) is 0 Å². The van der Waals surface area contributed by atoms with Crippen LogP contribution in [-0.4, -0.2) is 5.71 Å². The standard InChI is InChI=1S/C9H3BrClFN4/c10-7-1-5(11)2-8(12)9(7)16-15-6(3-13)4-14/h1-2,16H. The first-order valence-corrected chi connectivity index (χ1v) is 5.04. The number of halogens is 3. The van der Waals surface area contributed by atoms with Crippen molar-refractivity contribution in [3.05, 3.63) is 27.4 Å². The molecule has 0 amide bonds. The van der Waals surface area contributed by atoms with Gasteiger partial charge in [-0.3, -0.25) is 5.43 Å². The van der Waals surface area contributed by atoms with Gasteiger partial charge in [-0.1, -0.05) is 11.6 Å².